The van der Waals surface area contributed by atoms with Gasteiger partial charge in [0.1, 0.15) is 29.6 Å². The van der Waals surface area contributed by atoms with Crippen molar-refractivity contribution in [2.75, 3.05) is 0 Å². The molecule has 2 aromatic carbocycles. The molecule has 0 aliphatic heterocycles. The summed E-state index contributed by atoms with van der Waals surface area (Å²) in [6.45, 7) is 3.30. The van der Waals surface area contributed by atoms with Crippen molar-refractivity contribution in [2.24, 2.45) is 0 Å². The van der Waals surface area contributed by atoms with Gasteiger partial charge in [-0.1, -0.05) is 0 Å². The molecule has 146 valence electrons. The molecule has 0 atom stereocenters. The average Bonchev–Trinajstić information content (AvgIpc) is 2.62. The number of hydrogen-bond donors (Lipinski definition) is 0. The predicted octanol–water partition coefficient (Wildman–Crippen LogP) is 2.95. The highest BCUT2D eigenvalue weighted by Gasteiger charge is 2.15. The molecule has 0 aliphatic carbocycles. The first-order valence-electron chi connectivity index (χ1n) is 8.60. The summed E-state index contributed by atoms with van der Waals surface area (Å²) >= 11 is 0. The maximum Gasteiger partial charge on any atom is 0.339 e. The van der Waals surface area contributed by atoms with Gasteiger partial charge in [0.15, 0.2) is 0 Å². The van der Waals surface area contributed by atoms with Crippen LogP contribution in [0, 0.1) is 25.5 Å². The Bertz CT molecular complexity index is 1120. The minimum atomic E-state index is -1.24. The third kappa shape index (κ3) is 3.88. The van der Waals surface area contributed by atoms with E-state index in [9.17, 15) is 23.5 Å². The Morgan fingerprint density at radius 2 is 1.89 bits per heavy atom. The predicted molar refractivity (Wildman–Crippen MR) is 96.0 cm³/mol. The van der Waals surface area contributed by atoms with Crippen LogP contribution in [0.2, 0.25) is 0 Å². The van der Waals surface area contributed by atoms with Gasteiger partial charge in [0.05, 0.1) is 0 Å². The zero-order valence-corrected chi connectivity index (χ0v) is 15.3. The smallest absolute Gasteiger partial charge is 0.339 e. The van der Waals surface area contributed by atoms with Crippen molar-refractivity contribution >= 4 is 16.9 Å². The Hall–Kier alpha value is -3.22. The number of rotatable bonds is 6. The van der Waals surface area contributed by atoms with E-state index in [0.29, 0.717) is 27.8 Å². The first kappa shape index (κ1) is 19.5. The Kier molecular flexibility index (Phi) is 5.44. The number of benzene rings is 2. The highest BCUT2D eigenvalue weighted by Crippen LogP contribution is 2.30. The maximum absolute atomic E-state index is 13.8. The van der Waals surface area contributed by atoms with Gasteiger partial charge in [0.25, 0.3) is 0 Å². The Balaban J connectivity index is 1.93. The molecule has 0 N–H and O–H groups in total. The van der Waals surface area contributed by atoms with Crippen LogP contribution in [0.25, 0.3) is 11.0 Å². The molecule has 0 saturated heterocycles. The van der Waals surface area contributed by atoms with Crippen LogP contribution in [0.4, 0.5) is 8.78 Å². The first-order valence-corrected chi connectivity index (χ1v) is 8.60. The number of halogens is 2. The Labute approximate surface area is 159 Å². The molecule has 0 radical (unpaired) electrons. The van der Waals surface area contributed by atoms with E-state index in [1.807, 2.05) is 0 Å². The standard InChI is InChI=1S/C21H18F2O5/c1-11-15-5-7-18(27-10-13-3-4-14(22)9-17(13)23)12(2)20(15)28-21(26)16(11)6-8-19(24)25/h3-5,7,9H,6,8,10H2,1-2H3,(H,24,25)/p-1. The summed E-state index contributed by atoms with van der Waals surface area (Å²) in [6, 6.07) is 6.58. The lowest BCUT2D eigenvalue weighted by Crippen LogP contribution is -2.24. The third-order valence-electron chi connectivity index (χ3n) is 4.63. The number of fused-ring (bicyclic) bond motifs is 1. The van der Waals surface area contributed by atoms with Crippen LogP contribution < -0.4 is 15.5 Å². The fourth-order valence-corrected chi connectivity index (χ4v) is 3.04. The number of hydrogen-bond acceptors (Lipinski definition) is 5. The number of ether oxygens (including phenoxy) is 1. The van der Waals surface area contributed by atoms with Crippen molar-refractivity contribution in [1.29, 1.82) is 0 Å². The maximum atomic E-state index is 13.8. The summed E-state index contributed by atoms with van der Waals surface area (Å²) in [6.07, 6.45) is -0.256. The highest BCUT2D eigenvalue weighted by molar-refractivity contribution is 5.85. The molecule has 0 fully saturated rings. The highest BCUT2D eigenvalue weighted by atomic mass is 19.1. The topological polar surface area (TPSA) is 79.6 Å². The zero-order chi connectivity index (χ0) is 20.4. The largest absolute Gasteiger partial charge is 0.550 e. The van der Waals surface area contributed by atoms with Crippen LogP contribution in [0.15, 0.2) is 39.5 Å². The molecule has 3 rings (SSSR count). The van der Waals surface area contributed by atoms with Crippen LogP contribution in [0.1, 0.15) is 28.7 Å². The number of carbonyl (C=O) groups is 1. The number of carbonyl (C=O) groups excluding carboxylic acids is 1. The van der Waals surface area contributed by atoms with E-state index in [4.69, 9.17) is 9.15 Å². The van der Waals surface area contributed by atoms with Crippen LogP contribution in [0.5, 0.6) is 5.75 Å². The second-order valence-electron chi connectivity index (χ2n) is 6.45. The molecule has 1 heterocycles. The number of carboxylic acid groups (broad SMARTS) is 1. The van der Waals surface area contributed by atoms with Gasteiger partial charge >= 0.3 is 5.63 Å². The molecule has 0 amide bonds. The summed E-state index contributed by atoms with van der Waals surface area (Å²) < 4.78 is 37.8. The molecule has 0 saturated carbocycles. The molecule has 0 spiro atoms. The molecule has 28 heavy (non-hydrogen) atoms. The second kappa shape index (κ2) is 7.80. The Morgan fingerprint density at radius 1 is 1.14 bits per heavy atom. The van der Waals surface area contributed by atoms with E-state index < -0.39 is 23.2 Å². The SMILES string of the molecule is Cc1c(CCC(=O)[O-])c(=O)oc2c(C)c(OCc3ccc(F)cc3F)ccc12. The van der Waals surface area contributed by atoms with Gasteiger partial charge in [-0.3, -0.25) is 0 Å². The van der Waals surface area contributed by atoms with Gasteiger partial charge in [0, 0.05) is 34.1 Å². The summed E-state index contributed by atoms with van der Waals surface area (Å²) in [7, 11) is 0. The summed E-state index contributed by atoms with van der Waals surface area (Å²) in [5.41, 5.74) is 1.36. The van der Waals surface area contributed by atoms with E-state index in [1.54, 1.807) is 26.0 Å². The lowest BCUT2D eigenvalue weighted by Gasteiger charge is -2.14. The average molecular weight is 387 g/mol. The van der Waals surface area contributed by atoms with Gasteiger partial charge in [-0.05, 0) is 56.5 Å². The first-order chi connectivity index (χ1) is 13.3. The fourth-order valence-electron chi connectivity index (χ4n) is 3.04. The second-order valence-corrected chi connectivity index (χ2v) is 6.45. The molecule has 0 aliphatic rings. The van der Waals surface area contributed by atoms with Crippen LogP contribution in [-0.4, -0.2) is 5.97 Å². The van der Waals surface area contributed by atoms with Gasteiger partial charge in [-0.15, -0.1) is 0 Å². The number of aryl methyl sites for hydroxylation is 2. The van der Waals surface area contributed by atoms with Crippen molar-refractivity contribution in [1.82, 2.24) is 0 Å². The fraction of sp³-hybridized carbons (Fsp3) is 0.238. The van der Waals surface area contributed by atoms with Crippen molar-refractivity contribution in [2.45, 2.75) is 33.3 Å². The molecule has 0 bridgehead atoms. The zero-order valence-electron chi connectivity index (χ0n) is 15.3. The van der Waals surface area contributed by atoms with Gasteiger partial charge in [-0.2, -0.15) is 0 Å². The van der Waals surface area contributed by atoms with Crippen LogP contribution in [-0.2, 0) is 17.8 Å². The van der Waals surface area contributed by atoms with Crippen molar-refractivity contribution < 1.29 is 27.8 Å². The third-order valence-corrected chi connectivity index (χ3v) is 4.63. The molecular weight excluding hydrogens is 370 g/mol. The monoisotopic (exact) mass is 387 g/mol. The minimum absolute atomic E-state index is 0.0214. The lowest BCUT2D eigenvalue weighted by molar-refractivity contribution is -0.305. The molecule has 0 unspecified atom stereocenters. The molecular formula is C21H17F2O5-. The minimum Gasteiger partial charge on any atom is -0.550 e. The van der Waals surface area contributed by atoms with E-state index >= 15 is 0 Å². The normalized spacial score (nSPS) is 11.0. The number of carboxylic acids is 1. The van der Waals surface area contributed by atoms with E-state index in [0.717, 1.165) is 12.1 Å². The molecule has 1 aromatic heterocycles. The van der Waals surface area contributed by atoms with E-state index in [-0.39, 0.29) is 30.6 Å². The van der Waals surface area contributed by atoms with Gasteiger partial charge < -0.3 is 19.1 Å². The quantitative estimate of drug-likeness (QED) is 0.608. The van der Waals surface area contributed by atoms with Crippen molar-refractivity contribution in [3.63, 3.8) is 0 Å². The van der Waals surface area contributed by atoms with Gasteiger partial charge in [-0.25, -0.2) is 13.6 Å². The Morgan fingerprint density at radius 3 is 2.57 bits per heavy atom. The summed E-state index contributed by atoms with van der Waals surface area (Å²) in [5.74, 6) is -2.23. The lowest BCUT2D eigenvalue weighted by atomic mass is 10.0. The van der Waals surface area contributed by atoms with Crippen LogP contribution in [0.3, 0.4) is 0 Å². The van der Waals surface area contributed by atoms with Crippen LogP contribution >= 0.6 is 0 Å². The van der Waals surface area contributed by atoms with E-state index in [2.05, 4.69) is 0 Å². The van der Waals surface area contributed by atoms with Crippen molar-refractivity contribution in [3.05, 3.63) is 74.6 Å². The summed E-state index contributed by atoms with van der Waals surface area (Å²) in [5, 5.41) is 11.3. The molecule has 7 heteroatoms. The van der Waals surface area contributed by atoms with Crippen molar-refractivity contribution in [3.8, 4) is 5.75 Å². The van der Waals surface area contributed by atoms with E-state index in [1.165, 1.54) is 6.07 Å². The summed E-state index contributed by atoms with van der Waals surface area (Å²) in [4.78, 5) is 23.0. The van der Waals surface area contributed by atoms with Gasteiger partial charge in [0.2, 0.25) is 0 Å². The molecule has 5 nitrogen and oxygen atoms in total. The molecule has 3 aromatic rings. The number of aliphatic carboxylic acids is 1.